The van der Waals surface area contributed by atoms with E-state index < -0.39 is 96.5 Å². The van der Waals surface area contributed by atoms with E-state index in [4.69, 9.17) is 14.6 Å². The number of H-pyrrole nitrogens is 1. The SMILES string of the molecule is CC(OC(=O)[C@](C)(CO)C[C@@H](Cc1ccc(-c2ccccc2)cc1)NC(=O)c1cn[nH]n1)C(F)(F)C(F)(F)F.Cn1cc(C(=O)N[C@H](Cc2ccc(-c3ccccc3)cc2)C[C@@](C)(COC2CCCCO2)C(=O)O)nn1.OCC(F)(F)C(F)(F)F. The molecule has 0 bridgehead atoms. The van der Waals surface area contributed by atoms with Gasteiger partial charge in [-0.15, -0.1) is 5.10 Å². The quantitative estimate of drug-likeness (QED) is 0.0258. The summed E-state index contributed by atoms with van der Waals surface area (Å²) in [7, 11) is 1.68. The summed E-state index contributed by atoms with van der Waals surface area (Å²) in [6.07, 6.45) is -9.03. The fourth-order valence-electron chi connectivity index (χ4n) is 8.45. The molecule has 0 spiro atoms. The van der Waals surface area contributed by atoms with E-state index in [9.17, 15) is 73.3 Å². The second-order valence-electron chi connectivity index (χ2n) is 20.6. The molecule has 2 unspecified atom stereocenters. The monoisotopic (exact) mass is 1210 g/mol. The molecule has 3 heterocycles. The second-order valence-corrected chi connectivity index (χ2v) is 20.6. The number of carboxylic acid groups (broad SMARTS) is 1. The molecule has 6 aromatic rings. The number of hydrogen-bond acceptors (Lipinski definition) is 13. The summed E-state index contributed by atoms with van der Waals surface area (Å²) in [5, 5.41) is 50.5. The summed E-state index contributed by atoms with van der Waals surface area (Å²) in [4.78, 5) is 50.8. The third kappa shape index (κ3) is 19.6. The zero-order valence-electron chi connectivity index (χ0n) is 46.3. The van der Waals surface area contributed by atoms with E-state index in [0.29, 0.717) is 25.5 Å². The van der Waals surface area contributed by atoms with Gasteiger partial charge in [0.2, 0.25) is 0 Å². The summed E-state index contributed by atoms with van der Waals surface area (Å²) < 4.78 is 138. The number of aromatic nitrogens is 6. The van der Waals surface area contributed by atoms with Crippen molar-refractivity contribution in [2.24, 2.45) is 17.9 Å². The van der Waals surface area contributed by atoms with Crippen LogP contribution in [0.3, 0.4) is 0 Å². The summed E-state index contributed by atoms with van der Waals surface area (Å²) in [6.45, 7) is 0.679. The standard InChI is InChI=1S/C28H34N4O5.C26H27F5N4O4.C3H3F5O/c1-28(27(34)35,19-37-25-10-6-7-15-36-25)17-23(29-26(33)24-18-32(2)31-30-24)16-20-11-13-22(14-12-20)21-8-4-3-5-9-21;1-16(25(27,28)26(29,30)31)39-23(38)24(2,15-36)13-20(33-22(37)21-14-32-35-34-21)12-17-8-10-19(11-9-17)18-6-4-3-5-7-18;4-2(5,1-9)3(6,7)8/h3-5,8-9,11-14,18,23,25H,6-7,10,15-17,19H2,1-2H3,(H,29,33)(H,34,35);3-11,14,16,20,36H,12-13,15H2,1-2H3,(H,33,37)(H,32,34,35);9H,1H2/t23-,25?,28+;16?,20-,24+;/m11./s1. The number of ether oxygens (including phenoxy) is 3. The van der Waals surface area contributed by atoms with Gasteiger partial charge in [-0.1, -0.05) is 114 Å². The first-order valence-electron chi connectivity index (χ1n) is 26.3. The van der Waals surface area contributed by atoms with Gasteiger partial charge in [0.05, 0.1) is 36.4 Å². The third-order valence-electron chi connectivity index (χ3n) is 13.5. The van der Waals surface area contributed by atoms with Gasteiger partial charge in [0.25, 0.3) is 11.8 Å². The number of aromatic amines is 1. The number of nitrogens with one attached hydrogen (secondary N) is 3. The van der Waals surface area contributed by atoms with Crippen LogP contribution in [0.25, 0.3) is 22.3 Å². The average Bonchev–Trinajstić information content (AvgIpc) is 3.48. The number of halogens is 10. The van der Waals surface area contributed by atoms with Crippen LogP contribution in [0.2, 0.25) is 0 Å². The number of benzene rings is 4. The minimum Gasteiger partial charge on any atom is -0.481 e. The Labute approximate surface area is 481 Å². The van der Waals surface area contributed by atoms with Crippen molar-refractivity contribution in [1.82, 2.24) is 41.0 Å². The van der Waals surface area contributed by atoms with Gasteiger partial charge in [-0.3, -0.25) is 23.9 Å². The zero-order valence-corrected chi connectivity index (χ0v) is 46.3. The molecule has 1 aliphatic heterocycles. The van der Waals surface area contributed by atoms with Crippen LogP contribution in [0.4, 0.5) is 43.9 Å². The largest absolute Gasteiger partial charge is 0.481 e. The number of aliphatic hydroxyl groups is 2. The predicted octanol–water partition coefficient (Wildman–Crippen LogP) is 9.35. The van der Waals surface area contributed by atoms with Gasteiger partial charge < -0.3 is 40.2 Å². The lowest BCUT2D eigenvalue weighted by molar-refractivity contribution is -0.313. The zero-order chi connectivity index (χ0) is 62.8. The molecule has 18 nitrogen and oxygen atoms in total. The summed E-state index contributed by atoms with van der Waals surface area (Å²) in [5.74, 6) is -13.8. The number of nitrogens with zero attached hydrogens (tertiary/aromatic N) is 5. The minimum atomic E-state index is -5.94. The molecular formula is C57H64F10N8O10. The molecule has 2 aromatic heterocycles. The average molecular weight is 1210 g/mol. The Morgan fingerprint density at radius 3 is 1.58 bits per heavy atom. The predicted molar refractivity (Wildman–Crippen MR) is 285 cm³/mol. The number of esters is 1. The van der Waals surface area contributed by atoms with E-state index >= 15 is 0 Å². The first-order valence-corrected chi connectivity index (χ1v) is 26.3. The van der Waals surface area contributed by atoms with Crippen LogP contribution >= 0.6 is 0 Å². The van der Waals surface area contributed by atoms with Crippen molar-refractivity contribution in [3.05, 3.63) is 144 Å². The molecule has 0 aliphatic carbocycles. The highest BCUT2D eigenvalue weighted by Crippen LogP contribution is 2.41. The van der Waals surface area contributed by atoms with Crippen molar-refractivity contribution in [3.63, 3.8) is 0 Å². The van der Waals surface area contributed by atoms with Crippen LogP contribution in [-0.2, 0) is 43.7 Å². The highest BCUT2D eigenvalue weighted by molar-refractivity contribution is 5.92. The number of rotatable bonds is 23. The molecule has 462 valence electrons. The van der Waals surface area contributed by atoms with Crippen molar-refractivity contribution in [2.45, 2.75) is 114 Å². The highest BCUT2D eigenvalue weighted by Gasteiger charge is 2.63. The summed E-state index contributed by atoms with van der Waals surface area (Å²) in [6, 6.07) is 33.6. The van der Waals surface area contributed by atoms with Crippen LogP contribution < -0.4 is 10.6 Å². The van der Waals surface area contributed by atoms with E-state index in [2.05, 4.69) is 41.1 Å². The van der Waals surface area contributed by atoms with Crippen molar-refractivity contribution >= 4 is 23.8 Å². The maximum atomic E-state index is 13.7. The molecule has 2 amide bonds. The van der Waals surface area contributed by atoms with Gasteiger partial charge in [0.15, 0.2) is 23.8 Å². The second kappa shape index (κ2) is 29.8. The van der Waals surface area contributed by atoms with E-state index in [1.54, 1.807) is 26.1 Å². The van der Waals surface area contributed by atoms with Gasteiger partial charge >= 0.3 is 36.1 Å². The molecule has 0 saturated carbocycles. The molecule has 1 fully saturated rings. The highest BCUT2D eigenvalue weighted by atomic mass is 19.4. The molecule has 7 rings (SSSR count). The van der Waals surface area contributed by atoms with E-state index in [0.717, 1.165) is 60.2 Å². The van der Waals surface area contributed by atoms with Crippen LogP contribution in [0.1, 0.15) is 85.0 Å². The number of alkyl halides is 10. The van der Waals surface area contributed by atoms with Gasteiger partial charge in [-0.2, -0.15) is 59.3 Å². The number of amides is 2. The molecule has 85 heavy (non-hydrogen) atoms. The lowest BCUT2D eigenvalue weighted by Crippen LogP contribution is -2.50. The van der Waals surface area contributed by atoms with E-state index in [1.807, 2.05) is 97.1 Å². The summed E-state index contributed by atoms with van der Waals surface area (Å²) in [5.41, 5.74) is 2.72. The normalized spacial score (nSPS) is 16.3. The van der Waals surface area contributed by atoms with Crippen LogP contribution in [0, 0.1) is 10.8 Å². The number of aliphatic hydroxyl groups excluding tert-OH is 2. The van der Waals surface area contributed by atoms with Crippen molar-refractivity contribution < 1.29 is 92.6 Å². The van der Waals surface area contributed by atoms with Crippen molar-refractivity contribution in [1.29, 1.82) is 0 Å². The Balaban J connectivity index is 0.000000271. The number of carbonyl (C=O) groups is 4. The van der Waals surface area contributed by atoms with Crippen molar-refractivity contribution in [3.8, 4) is 22.3 Å². The fraction of sp³-hybridized carbons (Fsp3) is 0.439. The molecule has 6 atom stereocenters. The molecule has 28 heteroatoms. The third-order valence-corrected chi connectivity index (χ3v) is 13.5. The number of aryl methyl sites for hydroxylation is 1. The molecule has 1 aliphatic rings. The number of aliphatic carboxylic acids is 1. The van der Waals surface area contributed by atoms with Gasteiger partial charge in [0.1, 0.15) is 6.61 Å². The summed E-state index contributed by atoms with van der Waals surface area (Å²) >= 11 is 0. The van der Waals surface area contributed by atoms with Crippen LogP contribution in [0.5, 0.6) is 0 Å². The van der Waals surface area contributed by atoms with Crippen LogP contribution in [-0.4, -0.2) is 145 Å². The number of carboxylic acids is 1. The molecule has 1 saturated heterocycles. The number of carbonyl (C=O) groups excluding carboxylic acids is 3. The Kier molecular flexibility index (Phi) is 23.8. The molecular weight excluding hydrogens is 1150 g/mol. The van der Waals surface area contributed by atoms with Gasteiger partial charge in [0, 0.05) is 25.7 Å². The first-order chi connectivity index (χ1) is 39.9. The molecule has 4 aromatic carbocycles. The van der Waals surface area contributed by atoms with E-state index in [-0.39, 0.29) is 37.3 Å². The maximum Gasteiger partial charge on any atom is 0.457 e. The first kappa shape index (κ1) is 68.0. The van der Waals surface area contributed by atoms with E-state index in [1.165, 1.54) is 10.9 Å². The minimum absolute atomic E-state index is 0.0164. The van der Waals surface area contributed by atoms with Gasteiger partial charge in [-0.25, -0.2) is 0 Å². The molecule has 0 radical (unpaired) electrons. The maximum absolute atomic E-state index is 13.7. The fourth-order valence-corrected chi connectivity index (χ4v) is 8.45. The van der Waals surface area contributed by atoms with Gasteiger partial charge in [-0.05, 0) is 99.1 Å². The lowest BCUT2D eigenvalue weighted by Gasteiger charge is -2.33. The number of hydrogen-bond donors (Lipinski definition) is 6. The Hall–Kier alpha value is -7.82. The topological polar surface area (TPSA) is 253 Å². The Bertz CT molecular complexity index is 3040. The lowest BCUT2D eigenvalue weighted by atomic mass is 9.82. The van der Waals surface area contributed by atoms with Crippen molar-refractivity contribution in [2.75, 3.05) is 26.4 Å². The Morgan fingerprint density at radius 2 is 1.19 bits per heavy atom. The molecule has 6 N–H and O–H groups in total. The Morgan fingerprint density at radius 1 is 0.694 bits per heavy atom. The van der Waals surface area contributed by atoms with Crippen LogP contribution in [0.15, 0.2) is 122 Å². The smallest absolute Gasteiger partial charge is 0.457 e.